The van der Waals surface area contributed by atoms with Crippen LogP contribution >= 0.6 is 12.2 Å². The molecule has 5 nitrogen and oxygen atoms in total. The van der Waals surface area contributed by atoms with Crippen molar-refractivity contribution in [3.63, 3.8) is 0 Å². The van der Waals surface area contributed by atoms with Crippen molar-refractivity contribution in [3.05, 3.63) is 33.9 Å². The molecule has 0 aliphatic rings. The van der Waals surface area contributed by atoms with E-state index in [-0.39, 0.29) is 5.69 Å². The number of rotatable bonds is 3. The van der Waals surface area contributed by atoms with E-state index in [4.69, 9.17) is 12.2 Å². The second-order valence-corrected chi connectivity index (χ2v) is 3.65. The van der Waals surface area contributed by atoms with Gasteiger partial charge in [-0.05, 0) is 32.1 Å². The smallest absolute Gasteiger partial charge is 0.274 e. The molecule has 0 aliphatic carbocycles. The van der Waals surface area contributed by atoms with E-state index >= 15 is 0 Å². The molecule has 0 saturated carbocycles. The van der Waals surface area contributed by atoms with Gasteiger partial charge < -0.3 is 10.6 Å². The molecule has 0 saturated heterocycles. The molecule has 0 unspecified atom stereocenters. The number of anilines is 1. The van der Waals surface area contributed by atoms with Gasteiger partial charge in [0.2, 0.25) is 0 Å². The van der Waals surface area contributed by atoms with Gasteiger partial charge in [-0.1, -0.05) is 6.07 Å². The fourth-order valence-electron chi connectivity index (χ4n) is 1.22. The molecule has 1 rings (SSSR count). The number of hydrogen-bond acceptors (Lipinski definition) is 3. The van der Waals surface area contributed by atoms with Gasteiger partial charge in [-0.3, -0.25) is 10.1 Å². The van der Waals surface area contributed by atoms with Crippen molar-refractivity contribution in [2.24, 2.45) is 0 Å². The minimum absolute atomic E-state index is 0.0873. The minimum Gasteiger partial charge on any atom is -0.363 e. The highest BCUT2D eigenvalue weighted by Crippen LogP contribution is 2.22. The lowest BCUT2D eigenvalue weighted by Gasteiger charge is -2.08. The van der Waals surface area contributed by atoms with Gasteiger partial charge in [-0.2, -0.15) is 0 Å². The molecule has 0 fully saturated rings. The predicted octanol–water partition coefficient (Wildman–Crippen LogP) is 2.21. The standard InChI is InChI=1S/C10H13N3O2S/c1-3-11-10(16)12-8-5-4-7(2)9(6-8)13(14)15/h4-6H,3H2,1-2H3,(H2,11,12,16). The van der Waals surface area contributed by atoms with Crippen LogP contribution in [0.2, 0.25) is 0 Å². The van der Waals surface area contributed by atoms with Gasteiger partial charge in [0.1, 0.15) is 0 Å². The lowest BCUT2D eigenvalue weighted by Crippen LogP contribution is -2.27. The van der Waals surface area contributed by atoms with Crippen LogP contribution in [0.3, 0.4) is 0 Å². The van der Waals surface area contributed by atoms with Crippen molar-refractivity contribution in [3.8, 4) is 0 Å². The maximum atomic E-state index is 10.7. The van der Waals surface area contributed by atoms with E-state index in [1.54, 1.807) is 19.1 Å². The number of nitro groups is 1. The first-order valence-corrected chi connectivity index (χ1v) is 5.25. The van der Waals surface area contributed by atoms with Gasteiger partial charge in [0.25, 0.3) is 5.69 Å². The summed E-state index contributed by atoms with van der Waals surface area (Å²) in [6.45, 7) is 4.33. The maximum absolute atomic E-state index is 10.7. The van der Waals surface area contributed by atoms with E-state index in [1.807, 2.05) is 6.92 Å². The van der Waals surface area contributed by atoms with Crippen molar-refractivity contribution in [2.75, 3.05) is 11.9 Å². The second-order valence-electron chi connectivity index (χ2n) is 3.24. The largest absolute Gasteiger partial charge is 0.363 e. The third-order valence-electron chi connectivity index (χ3n) is 2.00. The molecule has 1 aromatic rings. The van der Waals surface area contributed by atoms with Crippen molar-refractivity contribution < 1.29 is 4.92 Å². The van der Waals surface area contributed by atoms with Crippen LogP contribution in [0.1, 0.15) is 12.5 Å². The summed E-state index contributed by atoms with van der Waals surface area (Å²) in [5.74, 6) is 0. The molecule has 16 heavy (non-hydrogen) atoms. The lowest BCUT2D eigenvalue weighted by atomic mass is 10.2. The van der Waals surface area contributed by atoms with E-state index in [1.165, 1.54) is 6.07 Å². The van der Waals surface area contributed by atoms with Crippen molar-refractivity contribution in [1.82, 2.24) is 5.32 Å². The normalized spacial score (nSPS) is 9.62. The third-order valence-corrected chi connectivity index (χ3v) is 2.25. The summed E-state index contributed by atoms with van der Waals surface area (Å²) in [7, 11) is 0. The average molecular weight is 239 g/mol. The molecule has 0 atom stereocenters. The van der Waals surface area contributed by atoms with Gasteiger partial charge in [-0.25, -0.2) is 0 Å². The first-order chi connectivity index (χ1) is 7.54. The van der Waals surface area contributed by atoms with Gasteiger partial charge in [0.15, 0.2) is 5.11 Å². The number of thiocarbonyl (C=S) groups is 1. The Balaban J connectivity index is 2.87. The van der Waals surface area contributed by atoms with Gasteiger partial charge >= 0.3 is 0 Å². The number of nitrogens with zero attached hydrogens (tertiary/aromatic N) is 1. The quantitative estimate of drug-likeness (QED) is 0.481. The van der Waals surface area contributed by atoms with E-state index < -0.39 is 4.92 Å². The number of benzene rings is 1. The number of nitro benzene ring substituents is 1. The Morgan fingerprint density at radius 3 is 2.81 bits per heavy atom. The summed E-state index contributed by atoms with van der Waals surface area (Å²) in [5.41, 5.74) is 1.33. The van der Waals surface area contributed by atoms with Crippen LogP contribution in [0, 0.1) is 17.0 Å². The summed E-state index contributed by atoms with van der Waals surface area (Å²) in [6.07, 6.45) is 0. The molecule has 0 bridgehead atoms. The van der Waals surface area contributed by atoms with Crippen molar-refractivity contribution >= 4 is 28.7 Å². The van der Waals surface area contributed by atoms with Gasteiger partial charge in [0, 0.05) is 23.9 Å². The highest BCUT2D eigenvalue weighted by Gasteiger charge is 2.11. The van der Waals surface area contributed by atoms with Gasteiger partial charge in [0.05, 0.1) is 4.92 Å². The SMILES string of the molecule is CCNC(=S)Nc1ccc(C)c([N+](=O)[O-])c1. The fraction of sp³-hybridized carbons (Fsp3) is 0.300. The number of hydrogen-bond donors (Lipinski definition) is 2. The van der Waals surface area contributed by atoms with Crippen LogP contribution in [0.4, 0.5) is 11.4 Å². The van der Waals surface area contributed by atoms with Crippen LogP contribution in [0.15, 0.2) is 18.2 Å². The van der Waals surface area contributed by atoms with Crippen molar-refractivity contribution in [2.45, 2.75) is 13.8 Å². The zero-order chi connectivity index (χ0) is 12.1. The molecule has 6 heteroatoms. The van der Waals surface area contributed by atoms with E-state index in [0.717, 1.165) is 0 Å². The topological polar surface area (TPSA) is 67.2 Å². The van der Waals surface area contributed by atoms with E-state index in [0.29, 0.717) is 22.9 Å². The zero-order valence-corrected chi connectivity index (χ0v) is 9.93. The summed E-state index contributed by atoms with van der Waals surface area (Å²) in [6, 6.07) is 4.92. The highest BCUT2D eigenvalue weighted by molar-refractivity contribution is 7.80. The predicted molar refractivity (Wildman–Crippen MR) is 67.7 cm³/mol. The average Bonchev–Trinajstić information content (AvgIpc) is 2.21. The zero-order valence-electron chi connectivity index (χ0n) is 9.11. The number of nitrogens with one attached hydrogen (secondary N) is 2. The lowest BCUT2D eigenvalue weighted by molar-refractivity contribution is -0.385. The monoisotopic (exact) mass is 239 g/mol. The first-order valence-electron chi connectivity index (χ1n) is 4.84. The Hall–Kier alpha value is -1.69. The van der Waals surface area contributed by atoms with Crippen LogP contribution < -0.4 is 10.6 Å². The minimum atomic E-state index is -0.406. The molecule has 0 amide bonds. The summed E-state index contributed by atoms with van der Waals surface area (Å²) in [5, 5.41) is 17.0. The fourth-order valence-corrected chi connectivity index (χ4v) is 1.48. The molecule has 0 heterocycles. The van der Waals surface area contributed by atoms with Crippen LogP contribution in [-0.4, -0.2) is 16.6 Å². The molecule has 1 aromatic carbocycles. The Bertz CT molecular complexity index is 421. The van der Waals surface area contributed by atoms with Crippen LogP contribution in [-0.2, 0) is 0 Å². The molecule has 0 spiro atoms. The van der Waals surface area contributed by atoms with Crippen molar-refractivity contribution in [1.29, 1.82) is 0 Å². The van der Waals surface area contributed by atoms with Gasteiger partial charge in [-0.15, -0.1) is 0 Å². The molecule has 0 aliphatic heterocycles. The Morgan fingerprint density at radius 1 is 1.56 bits per heavy atom. The Morgan fingerprint density at radius 2 is 2.25 bits per heavy atom. The van der Waals surface area contributed by atoms with Crippen LogP contribution in [0.5, 0.6) is 0 Å². The summed E-state index contributed by atoms with van der Waals surface area (Å²) in [4.78, 5) is 10.3. The Kier molecular flexibility index (Phi) is 4.19. The highest BCUT2D eigenvalue weighted by atomic mass is 32.1. The number of aryl methyl sites for hydroxylation is 1. The molecule has 2 N–H and O–H groups in total. The van der Waals surface area contributed by atoms with E-state index in [9.17, 15) is 10.1 Å². The third kappa shape index (κ3) is 3.16. The second kappa shape index (κ2) is 5.41. The summed E-state index contributed by atoms with van der Waals surface area (Å²) >= 11 is 4.98. The summed E-state index contributed by atoms with van der Waals surface area (Å²) < 4.78 is 0. The molecule has 86 valence electrons. The Labute approximate surface area is 99.0 Å². The first kappa shape index (κ1) is 12.4. The van der Waals surface area contributed by atoms with E-state index in [2.05, 4.69) is 10.6 Å². The maximum Gasteiger partial charge on any atom is 0.274 e. The van der Waals surface area contributed by atoms with Crippen LogP contribution in [0.25, 0.3) is 0 Å². The molecular weight excluding hydrogens is 226 g/mol. The molecule has 0 aromatic heterocycles. The molecule has 0 radical (unpaired) electrons. The molecular formula is C10H13N3O2S.